The second kappa shape index (κ2) is 26.0. The van der Waals surface area contributed by atoms with Gasteiger partial charge in [-0.2, -0.15) is 0 Å². The molecule has 6 aliphatic rings. The number of hydrogen-bond acceptors (Lipinski definition) is 31. The Morgan fingerprint density at radius 1 is 0.356 bits per heavy atom. The van der Waals surface area contributed by atoms with Gasteiger partial charge in [-0.1, -0.05) is 0 Å². The van der Waals surface area contributed by atoms with E-state index < -0.39 is 236 Å². The van der Waals surface area contributed by atoms with Crippen LogP contribution in [0.15, 0.2) is 0 Å². The minimum atomic E-state index is -2.30. The highest BCUT2D eigenvalue weighted by molar-refractivity contribution is 5.73. The van der Waals surface area contributed by atoms with Gasteiger partial charge in [0.25, 0.3) is 0 Å². The minimum absolute atomic E-state index is 0.758. The number of rotatable bonds is 18. The van der Waals surface area contributed by atoms with Crippen LogP contribution in [-0.2, 0) is 61.7 Å². The maximum atomic E-state index is 12.6. The van der Waals surface area contributed by atoms with Crippen molar-refractivity contribution >= 4 is 11.8 Å². The summed E-state index contributed by atoms with van der Waals surface area (Å²) in [5.41, 5.74) is 0. The molecule has 6 fully saturated rings. The topological polar surface area (TPSA) is 524 Å². The van der Waals surface area contributed by atoms with Crippen LogP contribution in [0.5, 0.6) is 0 Å². The molecule has 33 heteroatoms. The van der Waals surface area contributed by atoms with E-state index in [1.807, 2.05) is 0 Å². The van der Waals surface area contributed by atoms with Gasteiger partial charge in [-0.15, -0.1) is 0 Å². The van der Waals surface area contributed by atoms with Crippen LogP contribution in [-0.4, -0.2) is 327 Å². The Labute approximate surface area is 413 Å². The largest absolute Gasteiger partial charge is 0.394 e. The summed E-state index contributed by atoms with van der Waals surface area (Å²) in [7, 11) is 0. The van der Waals surface area contributed by atoms with E-state index in [-0.39, 0.29) is 0 Å². The maximum Gasteiger partial charge on any atom is 0.217 e. The van der Waals surface area contributed by atoms with Crippen molar-refractivity contribution in [3.63, 3.8) is 0 Å². The van der Waals surface area contributed by atoms with Crippen LogP contribution in [0.2, 0.25) is 0 Å². The fourth-order valence-electron chi connectivity index (χ4n) is 9.20. The van der Waals surface area contributed by atoms with E-state index in [9.17, 15) is 102 Å². The Morgan fingerprint density at radius 3 is 1.26 bits per heavy atom. The molecule has 0 radical (unpaired) electrons. The van der Waals surface area contributed by atoms with Crippen molar-refractivity contribution in [1.29, 1.82) is 0 Å². The molecule has 0 aromatic heterocycles. The molecule has 0 aromatic rings. The molecular formula is C40H68N2O31. The molecule has 6 saturated heterocycles. The molecule has 0 bridgehead atoms. The first-order chi connectivity index (χ1) is 34.5. The van der Waals surface area contributed by atoms with E-state index in [2.05, 4.69) is 10.6 Å². The predicted molar refractivity (Wildman–Crippen MR) is 222 cm³/mol. The van der Waals surface area contributed by atoms with E-state index in [0.29, 0.717) is 0 Å². The summed E-state index contributed by atoms with van der Waals surface area (Å²) in [5.74, 6) is -1.62. The first kappa shape index (κ1) is 60.0. The molecule has 6 aliphatic heterocycles. The molecular weight excluding hydrogens is 1000 g/mol. The zero-order valence-electron chi connectivity index (χ0n) is 38.9. The summed E-state index contributed by atoms with van der Waals surface area (Å²) in [6, 6.07) is -3.42. The second-order valence-corrected chi connectivity index (χ2v) is 18.3. The van der Waals surface area contributed by atoms with Gasteiger partial charge in [0.15, 0.2) is 37.7 Å². The Bertz CT molecular complexity index is 1750. The number of amides is 2. The molecule has 0 spiro atoms. The van der Waals surface area contributed by atoms with E-state index in [4.69, 9.17) is 52.1 Å². The van der Waals surface area contributed by atoms with Crippen LogP contribution in [0.4, 0.5) is 0 Å². The van der Waals surface area contributed by atoms with Crippen molar-refractivity contribution in [2.75, 3.05) is 39.6 Å². The van der Waals surface area contributed by atoms with Crippen LogP contribution in [0.25, 0.3) is 0 Å². The zero-order valence-corrected chi connectivity index (χ0v) is 38.9. The van der Waals surface area contributed by atoms with Crippen molar-refractivity contribution in [1.82, 2.24) is 10.6 Å². The quantitative estimate of drug-likeness (QED) is 0.0606. The first-order valence-corrected chi connectivity index (χ1v) is 23.1. The van der Waals surface area contributed by atoms with Gasteiger partial charge in [0.05, 0.1) is 39.6 Å². The molecule has 0 aromatic carbocycles. The normalized spacial score (nSPS) is 49.8. The minimum Gasteiger partial charge on any atom is -0.394 e. The summed E-state index contributed by atoms with van der Waals surface area (Å²) in [6.45, 7) is -3.67. The third-order valence-electron chi connectivity index (χ3n) is 13.2. The number of nitrogens with one attached hydrogen (secondary N) is 2. The standard InChI is InChI=1S/C40H68N2O31/c1-9(48)41-17-23(54)31(14(6-46)64-35(17)62)71-39-30(61)33(22(53)16(69-39)8-63-37-28(59)25(56)19(50)11(3-43)65-37)72-40-34(27(58)21(52)13(5-45)67-40)73-36-18(42-10(2)49)24(55)32(15(7-47)68-36)70-38-29(60)26(57)20(51)12(4-44)66-38/h11-40,43-47,50-62H,3-8H2,1-2H3,(H,41,48)(H,42,49). The molecule has 33 nitrogen and oxygen atoms in total. The monoisotopic (exact) mass is 1070 g/mol. The number of carbonyl (C=O) groups is 2. The lowest BCUT2D eigenvalue weighted by atomic mass is 9.94. The Hall–Kier alpha value is -2.22. The average molecular weight is 1070 g/mol. The van der Waals surface area contributed by atoms with Crippen LogP contribution in [0.3, 0.4) is 0 Å². The fraction of sp³-hybridized carbons (Fsp3) is 0.950. The smallest absolute Gasteiger partial charge is 0.217 e. The summed E-state index contributed by atoms with van der Waals surface area (Å²) < 4.78 is 62.9. The maximum absolute atomic E-state index is 12.6. The molecule has 73 heavy (non-hydrogen) atoms. The molecule has 30 atom stereocenters. The van der Waals surface area contributed by atoms with Crippen molar-refractivity contribution in [3.8, 4) is 0 Å². The van der Waals surface area contributed by atoms with E-state index in [1.54, 1.807) is 0 Å². The van der Waals surface area contributed by atoms with Gasteiger partial charge in [0.2, 0.25) is 11.8 Å². The van der Waals surface area contributed by atoms with Gasteiger partial charge in [0.1, 0.15) is 146 Å². The molecule has 6 heterocycles. The van der Waals surface area contributed by atoms with Crippen molar-refractivity contribution < 1.29 is 154 Å². The summed E-state index contributed by atoms with van der Waals surface area (Å²) >= 11 is 0. The van der Waals surface area contributed by atoms with Gasteiger partial charge in [-0.05, 0) is 0 Å². The van der Waals surface area contributed by atoms with Crippen LogP contribution >= 0.6 is 0 Å². The molecule has 424 valence electrons. The van der Waals surface area contributed by atoms with Crippen LogP contribution in [0, 0.1) is 0 Å². The molecule has 20 N–H and O–H groups in total. The lowest BCUT2D eigenvalue weighted by Crippen LogP contribution is -2.70. The SMILES string of the molecule is CC(=O)NC1C(O)OC(CO)C(OC2OC(COC3OC(CO)C(O)C(O)C3O)C(O)C(OC3OC(CO)C(O)C(O)C3OC3OC(CO)C(OC4OC(CO)C(O)C(O)C4O)C(O)C3NC(C)=O)C2O)C1O. The van der Waals surface area contributed by atoms with E-state index in [1.165, 1.54) is 0 Å². The second-order valence-electron chi connectivity index (χ2n) is 18.3. The number of carbonyl (C=O) groups excluding carboxylic acids is 2. The summed E-state index contributed by atoms with van der Waals surface area (Å²) in [5, 5.41) is 197. The molecule has 0 aliphatic carbocycles. The Kier molecular flexibility index (Phi) is 21.3. The molecule has 6 rings (SSSR count). The first-order valence-electron chi connectivity index (χ1n) is 23.1. The van der Waals surface area contributed by atoms with E-state index in [0.717, 1.165) is 13.8 Å². The van der Waals surface area contributed by atoms with E-state index >= 15 is 0 Å². The fourth-order valence-corrected chi connectivity index (χ4v) is 9.20. The van der Waals surface area contributed by atoms with Crippen LogP contribution in [0.1, 0.15) is 13.8 Å². The highest BCUT2D eigenvalue weighted by Gasteiger charge is 2.58. The molecule has 30 unspecified atom stereocenters. The van der Waals surface area contributed by atoms with Gasteiger partial charge in [0, 0.05) is 13.8 Å². The highest BCUT2D eigenvalue weighted by Crippen LogP contribution is 2.37. The predicted octanol–water partition coefficient (Wildman–Crippen LogP) is -13.8. The number of aliphatic hydroxyl groups is 18. The van der Waals surface area contributed by atoms with Gasteiger partial charge >= 0.3 is 0 Å². The van der Waals surface area contributed by atoms with Crippen LogP contribution < -0.4 is 10.6 Å². The van der Waals surface area contributed by atoms with Gasteiger partial charge < -0.3 is 155 Å². The zero-order chi connectivity index (χ0) is 53.9. The van der Waals surface area contributed by atoms with Crippen molar-refractivity contribution in [2.24, 2.45) is 0 Å². The lowest BCUT2D eigenvalue weighted by Gasteiger charge is -2.50. The van der Waals surface area contributed by atoms with Crippen molar-refractivity contribution in [3.05, 3.63) is 0 Å². The highest BCUT2D eigenvalue weighted by atomic mass is 16.8. The molecule has 2 amide bonds. The summed E-state index contributed by atoms with van der Waals surface area (Å²) in [4.78, 5) is 24.5. The summed E-state index contributed by atoms with van der Waals surface area (Å²) in [6.07, 6.45) is -54.1. The van der Waals surface area contributed by atoms with Gasteiger partial charge in [-0.25, -0.2) is 0 Å². The van der Waals surface area contributed by atoms with Gasteiger partial charge in [-0.3, -0.25) is 9.59 Å². The van der Waals surface area contributed by atoms with Crippen molar-refractivity contribution in [2.45, 2.75) is 198 Å². The Balaban J connectivity index is 1.31. The number of hydrogen-bond donors (Lipinski definition) is 20. The lowest BCUT2D eigenvalue weighted by molar-refractivity contribution is -0.396. The number of aliphatic hydroxyl groups excluding tert-OH is 18. The third-order valence-corrected chi connectivity index (χ3v) is 13.2. The third kappa shape index (κ3) is 13.0. The Morgan fingerprint density at radius 2 is 0.740 bits per heavy atom. The number of ether oxygens (including phenoxy) is 11. The average Bonchev–Trinajstić information content (AvgIpc) is 3.35. The molecule has 0 saturated carbocycles.